The molecule has 2 N–H and O–H groups in total. The summed E-state index contributed by atoms with van der Waals surface area (Å²) in [5, 5.41) is 12.8. The average molecular weight is 433 g/mol. The van der Waals surface area contributed by atoms with Crippen molar-refractivity contribution in [2.45, 2.75) is 33.2 Å². The zero-order valence-corrected chi connectivity index (χ0v) is 18.8. The van der Waals surface area contributed by atoms with Gasteiger partial charge in [-0.25, -0.2) is 9.78 Å². The predicted molar refractivity (Wildman–Crippen MR) is 126 cm³/mol. The van der Waals surface area contributed by atoms with Gasteiger partial charge in [0.2, 0.25) is 0 Å². The molecule has 2 aromatic heterocycles. The number of aromatic carboxylic acids is 1. The third kappa shape index (κ3) is 4.03. The predicted octanol–water partition coefficient (Wildman–Crippen LogP) is 3.90. The average Bonchev–Trinajstić information content (AvgIpc) is 2.77. The number of carboxylic acids is 1. The van der Waals surface area contributed by atoms with Crippen molar-refractivity contribution in [1.29, 1.82) is 0 Å². The summed E-state index contributed by atoms with van der Waals surface area (Å²) < 4.78 is 1.61. The fourth-order valence-corrected chi connectivity index (χ4v) is 4.22. The molecule has 166 valence electrons. The van der Waals surface area contributed by atoms with Crippen LogP contribution in [0.15, 0.2) is 47.4 Å². The Morgan fingerprint density at radius 2 is 2.00 bits per heavy atom. The van der Waals surface area contributed by atoms with Gasteiger partial charge in [-0.3, -0.25) is 9.20 Å². The Labute approximate surface area is 187 Å². The number of aryl methyl sites for hydroxylation is 1. The Bertz CT molecular complexity index is 1290. The largest absolute Gasteiger partial charge is 0.478 e. The number of pyridine rings is 1. The Morgan fingerprint density at radius 1 is 1.25 bits per heavy atom. The van der Waals surface area contributed by atoms with Gasteiger partial charge in [-0.2, -0.15) is 0 Å². The van der Waals surface area contributed by atoms with E-state index in [0.717, 1.165) is 41.9 Å². The highest BCUT2D eigenvalue weighted by atomic mass is 16.4. The van der Waals surface area contributed by atoms with Crippen LogP contribution in [0.25, 0.3) is 11.2 Å². The van der Waals surface area contributed by atoms with E-state index >= 15 is 0 Å². The molecule has 1 atom stereocenters. The quantitative estimate of drug-likeness (QED) is 0.636. The molecule has 4 rings (SSSR count). The van der Waals surface area contributed by atoms with Gasteiger partial charge >= 0.3 is 5.97 Å². The molecular weight excluding hydrogens is 404 g/mol. The second-order valence-electron chi connectivity index (χ2n) is 8.52. The maximum absolute atomic E-state index is 13.3. The van der Waals surface area contributed by atoms with Crippen LogP contribution < -0.4 is 10.9 Å². The van der Waals surface area contributed by atoms with Gasteiger partial charge in [0, 0.05) is 36.1 Å². The van der Waals surface area contributed by atoms with Crippen molar-refractivity contribution >= 4 is 22.9 Å². The van der Waals surface area contributed by atoms with Gasteiger partial charge in [0.15, 0.2) is 0 Å². The van der Waals surface area contributed by atoms with E-state index in [1.54, 1.807) is 28.7 Å². The molecule has 1 aromatic carbocycles. The molecule has 0 bridgehead atoms. The molecule has 0 unspecified atom stereocenters. The Balaban J connectivity index is 1.84. The number of hydrogen-bond acceptors (Lipinski definition) is 5. The van der Waals surface area contributed by atoms with Crippen molar-refractivity contribution in [1.82, 2.24) is 14.3 Å². The first kappa shape index (κ1) is 21.8. The number of likely N-dealkylation sites (N-methyl/N-ethyl adjacent to an activating group) is 1. The highest BCUT2D eigenvalue weighted by molar-refractivity contribution is 5.94. The van der Waals surface area contributed by atoms with Crippen LogP contribution in [0.2, 0.25) is 0 Å². The first-order chi connectivity index (χ1) is 15.3. The van der Waals surface area contributed by atoms with Crippen LogP contribution in [0.1, 0.15) is 52.1 Å². The summed E-state index contributed by atoms with van der Waals surface area (Å²) in [7, 11) is 2.08. The van der Waals surface area contributed by atoms with Crippen LogP contribution >= 0.6 is 0 Å². The van der Waals surface area contributed by atoms with Gasteiger partial charge in [0.1, 0.15) is 5.65 Å². The number of aromatic nitrogens is 2. The van der Waals surface area contributed by atoms with Crippen molar-refractivity contribution in [2.24, 2.45) is 0 Å². The van der Waals surface area contributed by atoms with E-state index in [9.17, 15) is 14.7 Å². The van der Waals surface area contributed by atoms with E-state index < -0.39 is 5.97 Å². The maximum Gasteiger partial charge on any atom is 0.337 e. The lowest BCUT2D eigenvalue weighted by Gasteiger charge is -2.23. The van der Waals surface area contributed by atoms with Gasteiger partial charge in [-0.1, -0.05) is 18.2 Å². The molecule has 0 spiro atoms. The van der Waals surface area contributed by atoms with Crippen LogP contribution in [0.5, 0.6) is 0 Å². The molecule has 0 saturated heterocycles. The molecule has 1 aliphatic heterocycles. The maximum atomic E-state index is 13.3. The number of anilines is 1. The number of nitrogens with one attached hydrogen (secondary N) is 1. The molecule has 3 aromatic rings. The number of nitrogens with zero attached hydrogens (tertiary/aromatic N) is 3. The van der Waals surface area contributed by atoms with Gasteiger partial charge in [-0.05, 0) is 63.6 Å². The zero-order valence-electron chi connectivity index (χ0n) is 18.8. The van der Waals surface area contributed by atoms with Crippen LogP contribution in [-0.2, 0) is 0 Å². The second kappa shape index (κ2) is 8.59. The molecular formula is C25H28N4O3. The van der Waals surface area contributed by atoms with Crippen molar-refractivity contribution in [3.8, 4) is 0 Å². The summed E-state index contributed by atoms with van der Waals surface area (Å²) in [6.45, 7) is 7.49. The van der Waals surface area contributed by atoms with Crippen molar-refractivity contribution in [3.63, 3.8) is 0 Å². The van der Waals surface area contributed by atoms with Crippen molar-refractivity contribution in [3.05, 3.63) is 80.9 Å². The Morgan fingerprint density at radius 3 is 2.69 bits per heavy atom. The highest BCUT2D eigenvalue weighted by Crippen LogP contribution is 2.28. The number of para-hydroxylation sites is 1. The van der Waals surface area contributed by atoms with Crippen LogP contribution in [0.4, 0.5) is 5.69 Å². The standard InChI is InChI=1S/C25H28N4O3/c1-15-13-20(17(3)26-21-8-6-5-7-19(21)25(31)32)23-27-22(16(2)24(30)29(23)14-15)18-9-11-28(4)12-10-18/h5-9,13-14,17,26H,10-12H2,1-4H3,(H,31,32)/t17-/m1/s1. The molecule has 0 fully saturated rings. The SMILES string of the molecule is Cc1cc([C@@H](C)Nc2ccccc2C(=O)O)c2nc(C3=CCN(C)CC3)c(C)c(=O)n2c1. The smallest absolute Gasteiger partial charge is 0.337 e. The van der Waals surface area contributed by atoms with Gasteiger partial charge in [0.05, 0.1) is 17.3 Å². The third-order valence-corrected chi connectivity index (χ3v) is 6.03. The Kier molecular flexibility index (Phi) is 5.84. The molecule has 3 heterocycles. The second-order valence-corrected chi connectivity index (χ2v) is 8.52. The fraction of sp³-hybridized carbons (Fsp3) is 0.320. The number of carboxylic acid groups (broad SMARTS) is 1. The van der Waals surface area contributed by atoms with E-state index in [2.05, 4.69) is 23.3 Å². The summed E-state index contributed by atoms with van der Waals surface area (Å²) in [6.07, 6.45) is 4.81. The summed E-state index contributed by atoms with van der Waals surface area (Å²) in [6, 6.07) is 8.56. The lowest BCUT2D eigenvalue weighted by Crippen LogP contribution is -2.26. The molecule has 7 nitrogen and oxygen atoms in total. The molecule has 0 amide bonds. The fourth-order valence-electron chi connectivity index (χ4n) is 4.22. The molecule has 7 heteroatoms. The first-order valence-corrected chi connectivity index (χ1v) is 10.8. The number of carbonyl (C=O) groups is 1. The summed E-state index contributed by atoms with van der Waals surface area (Å²) in [5.74, 6) is -0.990. The number of benzene rings is 1. The monoisotopic (exact) mass is 432 g/mol. The summed E-state index contributed by atoms with van der Waals surface area (Å²) >= 11 is 0. The van der Waals surface area contributed by atoms with Crippen molar-refractivity contribution < 1.29 is 9.90 Å². The van der Waals surface area contributed by atoms with Crippen LogP contribution in [0.3, 0.4) is 0 Å². The minimum Gasteiger partial charge on any atom is -0.478 e. The topological polar surface area (TPSA) is 86.9 Å². The van der Waals surface area contributed by atoms with Gasteiger partial charge < -0.3 is 15.3 Å². The van der Waals surface area contributed by atoms with E-state index in [1.165, 1.54) is 0 Å². The normalized spacial score (nSPS) is 15.4. The minimum absolute atomic E-state index is 0.0760. The van der Waals surface area contributed by atoms with Gasteiger partial charge in [-0.15, -0.1) is 0 Å². The van der Waals surface area contributed by atoms with E-state index in [1.807, 2.05) is 33.0 Å². The zero-order chi connectivity index (χ0) is 23.0. The Hall–Kier alpha value is -3.45. The van der Waals surface area contributed by atoms with E-state index in [4.69, 9.17) is 4.98 Å². The van der Waals surface area contributed by atoms with Crippen LogP contribution in [0, 0.1) is 13.8 Å². The third-order valence-electron chi connectivity index (χ3n) is 6.03. The molecule has 0 radical (unpaired) electrons. The summed E-state index contributed by atoms with van der Waals surface area (Å²) in [4.78, 5) is 32.1. The van der Waals surface area contributed by atoms with Crippen LogP contribution in [-0.4, -0.2) is 45.5 Å². The highest BCUT2D eigenvalue weighted by Gasteiger charge is 2.20. The lowest BCUT2D eigenvalue weighted by atomic mass is 10.0. The first-order valence-electron chi connectivity index (χ1n) is 10.8. The lowest BCUT2D eigenvalue weighted by molar-refractivity contribution is 0.0698. The molecule has 32 heavy (non-hydrogen) atoms. The number of hydrogen-bond donors (Lipinski definition) is 2. The molecule has 1 aliphatic rings. The van der Waals surface area contributed by atoms with Gasteiger partial charge in [0.25, 0.3) is 5.56 Å². The van der Waals surface area contributed by atoms with Crippen molar-refractivity contribution in [2.75, 3.05) is 25.5 Å². The minimum atomic E-state index is -0.990. The van der Waals surface area contributed by atoms with E-state index in [-0.39, 0.29) is 17.2 Å². The molecule has 0 aliphatic carbocycles. The number of fused-ring (bicyclic) bond motifs is 1. The van der Waals surface area contributed by atoms with E-state index in [0.29, 0.717) is 16.9 Å². The number of rotatable bonds is 5. The molecule has 0 saturated carbocycles. The summed E-state index contributed by atoms with van der Waals surface area (Å²) in [5.41, 5.74) is 5.52.